The Hall–Kier alpha value is -1.56. The molecule has 24 heavy (non-hydrogen) atoms. The zero-order valence-corrected chi connectivity index (χ0v) is 15.6. The summed E-state index contributed by atoms with van der Waals surface area (Å²) in [6, 6.07) is 7.12. The van der Waals surface area contributed by atoms with Gasteiger partial charge in [0.2, 0.25) is 5.91 Å². The third kappa shape index (κ3) is 5.51. The quantitative estimate of drug-likeness (QED) is 0.812. The van der Waals surface area contributed by atoms with Gasteiger partial charge in [0.05, 0.1) is 6.54 Å². The Kier molecular flexibility index (Phi) is 6.66. The first kappa shape index (κ1) is 18.8. The van der Waals surface area contributed by atoms with Crippen LogP contribution >= 0.6 is 23.2 Å². The summed E-state index contributed by atoms with van der Waals surface area (Å²) in [4.78, 5) is 14.4. The average Bonchev–Trinajstić information content (AvgIpc) is 2.95. The molecule has 0 saturated heterocycles. The van der Waals surface area contributed by atoms with Gasteiger partial charge in [-0.15, -0.1) is 0 Å². The molecule has 1 aromatic heterocycles. The highest BCUT2D eigenvalue weighted by Gasteiger charge is 2.16. The van der Waals surface area contributed by atoms with Crippen LogP contribution in [0.1, 0.15) is 12.5 Å². The van der Waals surface area contributed by atoms with Crippen molar-refractivity contribution >= 4 is 34.9 Å². The second kappa shape index (κ2) is 8.51. The predicted molar refractivity (Wildman–Crippen MR) is 98.7 cm³/mol. The van der Waals surface area contributed by atoms with Gasteiger partial charge in [-0.25, -0.2) is 0 Å². The highest BCUT2D eigenvalue weighted by Crippen LogP contribution is 2.23. The van der Waals surface area contributed by atoms with Crippen LogP contribution in [0.15, 0.2) is 30.5 Å². The maximum atomic E-state index is 12.3. The van der Waals surface area contributed by atoms with Gasteiger partial charge in [0.1, 0.15) is 0 Å². The fourth-order valence-corrected chi connectivity index (χ4v) is 2.70. The SMILES string of the molecule is CC(Cc1ccc(Cl)cc1Cl)C(=O)Nc1ccn(CCN(C)C)n1. The molecule has 130 valence electrons. The average molecular weight is 369 g/mol. The molecule has 2 rings (SSSR count). The van der Waals surface area contributed by atoms with Crippen LogP contribution in [0.5, 0.6) is 0 Å². The fraction of sp³-hybridized carbons (Fsp3) is 0.412. The number of likely N-dealkylation sites (N-methyl/N-ethyl adjacent to an activating group) is 1. The number of aromatic nitrogens is 2. The van der Waals surface area contributed by atoms with Gasteiger partial charge in [-0.2, -0.15) is 5.10 Å². The highest BCUT2D eigenvalue weighted by molar-refractivity contribution is 6.35. The minimum absolute atomic E-state index is 0.0844. The van der Waals surface area contributed by atoms with E-state index in [1.165, 1.54) is 0 Å². The summed E-state index contributed by atoms with van der Waals surface area (Å²) in [5, 5.41) is 8.37. The number of nitrogens with zero attached hydrogens (tertiary/aromatic N) is 3. The molecule has 1 unspecified atom stereocenters. The van der Waals surface area contributed by atoms with E-state index < -0.39 is 0 Å². The van der Waals surface area contributed by atoms with Crippen LogP contribution in [-0.2, 0) is 17.8 Å². The van der Waals surface area contributed by atoms with Crippen LogP contribution in [0.3, 0.4) is 0 Å². The lowest BCUT2D eigenvalue weighted by Gasteiger charge is -2.12. The third-order valence-electron chi connectivity index (χ3n) is 3.66. The van der Waals surface area contributed by atoms with Gasteiger partial charge < -0.3 is 10.2 Å². The molecule has 2 aromatic rings. The van der Waals surface area contributed by atoms with Crippen LogP contribution in [0.4, 0.5) is 5.82 Å². The molecule has 0 fully saturated rings. The van der Waals surface area contributed by atoms with Gasteiger partial charge in [-0.05, 0) is 38.2 Å². The van der Waals surface area contributed by atoms with Gasteiger partial charge in [0.15, 0.2) is 5.82 Å². The first-order chi connectivity index (χ1) is 11.3. The lowest BCUT2D eigenvalue weighted by molar-refractivity contribution is -0.119. The smallest absolute Gasteiger partial charge is 0.228 e. The topological polar surface area (TPSA) is 50.2 Å². The van der Waals surface area contributed by atoms with E-state index in [2.05, 4.69) is 15.3 Å². The van der Waals surface area contributed by atoms with Gasteiger partial charge in [-0.3, -0.25) is 9.48 Å². The molecule has 0 bridgehead atoms. The zero-order chi connectivity index (χ0) is 17.7. The largest absolute Gasteiger partial charge is 0.309 e. The van der Waals surface area contributed by atoms with E-state index in [1.54, 1.807) is 18.2 Å². The first-order valence-corrected chi connectivity index (χ1v) is 8.53. The molecular weight excluding hydrogens is 347 g/mol. The molecule has 7 heteroatoms. The van der Waals surface area contributed by atoms with Gasteiger partial charge in [-0.1, -0.05) is 36.2 Å². The highest BCUT2D eigenvalue weighted by atomic mass is 35.5. The molecule has 1 heterocycles. The van der Waals surface area contributed by atoms with Crippen molar-refractivity contribution in [1.82, 2.24) is 14.7 Å². The summed E-state index contributed by atoms with van der Waals surface area (Å²) < 4.78 is 1.82. The van der Waals surface area contributed by atoms with Crippen LogP contribution in [0, 0.1) is 5.92 Å². The van der Waals surface area contributed by atoms with Gasteiger partial charge in [0.25, 0.3) is 0 Å². The lowest BCUT2D eigenvalue weighted by atomic mass is 10.0. The number of rotatable bonds is 7. The number of carbonyl (C=O) groups is 1. The van der Waals surface area contributed by atoms with E-state index in [0.717, 1.165) is 18.7 Å². The molecule has 0 aliphatic rings. The number of anilines is 1. The number of nitrogens with one attached hydrogen (secondary N) is 1. The van der Waals surface area contributed by atoms with E-state index in [9.17, 15) is 4.79 Å². The van der Waals surface area contributed by atoms with E-state index in [1.807, 2.05) is 38.0 Å². The summed E-state index contributed by atoms with van der Waals surface area (Å²) in [6.45, 7) is 3.53. The van der Waals surface area contributed by atoms with Crippen molar-refractivity contribution in [2.24, 2.45) is 5.92 Å². The molecule has 1 amide bonds. The van der Waals surface area contributed by atoms with Crippen molar-refractivity contribution < 1.29 is 4.79 Å². The van der Waals surface area contributed by atoms with Crippen LogP contribution in [0.2, 0.25) is 10.0 Å². The van der Waals surface area contributed by atoms with Crippen molar-refractivity contribution in [3.63, 3.8) is 0 Å². The normalized spacial score (nSPS) is 12.4. The zero-order valence-electron chi connectivity index (χ0n) is 14.1. The number of amides is 1. The number of benzene rings is 1. The Morgan fingerprint density at radius 1 is 1.33 bits per heavy atom. The standard InChI is InChI=1S/C17H22Cl2N4O/c1-12(10-13-4-5-14(18)11-15(13)19)17(24)20-16-6-7-23(21-16)9-8-22(2)3/h4-7,11-12H,8-10H2,1-3H3,(H,20,21,24). The number of halogens is 2. The van der Waals surface area contributed by atoms with Crippen LogP contribution < -0.4 is 5.32 Å². The van der Waals surface area contributed by atoms with E-state index in [0.29, 0.717) is 22.3 Å². The molecule has 0 aliphatic heterocycles. The molecule has 0 aliphatic carbocycles. The third-order valence-corrected chi connectivity index (χ3v) is 4.24. The van der Waals surface area contributed by atoms with Gasteiger partial charge >= 0.3 is 0 Å². The first-order valence-electron chi connectivity index (χ1n) is 7.78. The van der Waals surface area contributed by atoms with Crippen LogP contribution in [-0.4, -0.2) is 41.2 Å². The van der Waals surface area contributed by atoms with Crippen molar-refractivity contribution in [3.8, 4) is 0 Å². The predicted octanol–water partition coefficient (Wildman–Crippen LogP) is 3.57. The molecule has 5 nitrogen and oxygen atoms in total. The van der Waals surface area contributed by atoms with Crippen molar-refractivity contribution in [3.05, 3.63) is 46.1 Å². The van der Waals surface area contributed by atoms with Crippen LogP contribution in [0.25, 0.3) is 0 Å². The maximum absolute atomic E-state index is 12.3. The van der Waals surface area contributed by atoms with Crippen molar-refractivity contribution in [2.75, 3.05) is 26.0 Å². The minimum atomic E-state index is -0.226. The minimum Gasteiger partial charge on any atom is -0.309 e. The van der Waals surface area contributed by atoms with Gasteiger partial charge in [0, 0.05) is 34.8 Å². The molecule has 1 atom stereocenters. The fourth-order valence-electron chi connectivity index (χ4n) is 2.21. The molecule has 1 aromatic carbocycles. The lowest BCUT2D eigenvalue weighted by Crippen LogP contribution is -2.23. The van der Waals surface area contributed by atoms with E-state index in [4.69, 9.17) is 23.2 Å². The maximum Gasteiger partial charge on any atom is 0.228 e. The number of hydrogen-bond donors (Lipinski definition) is 1. The second-order valence-corrected chi connectivity index (χ2v) is 6.94. The Balaban J connectivity index is 1.91. The molecule has 0 radical (unpaired) electrons. The molecule has 0 spiro atoms. The number of hydrogen-bond acceptors (Lipinski definition) is 3. The summed E-state index contributed by atoms with van der Waals surface area (Å²) in [5.74, 6) is 0.252. The molecule has 1 N–H and O–H groups in total. The number of carbonyl (C=O) groups excluding carboxylic acids is 1. The summed E-state index contributed by atoms with van der Waals surface area (Å²) in [7, 11) is 4.02. The van der Waals surface area contributed by atoms with E-state index in [-0.39, 0.29) is 11.8 Å². The van der Waals surface area contributed by atoms with E-state index >= 15 is 0 Å². The summed E-state index contributed by atoms with van der Waals surface area (Å²) >= 11 is 12.1. The summed E-state index contributed by atoms with van der Waals surface area (Å²) in [6.07, 6.45) is 2.41. The molecular formula is C17H22Cl2N4O. The Labute approximate surface area is 152 Å². The Morgan fingerprint density at radius 3 is 2.75 bits per heavy atom. The van der Waals surface area contributed by atoms with Crippen molar-refractivity contribution in [2.45, 2.75) is 19.9 Å². The Bertz CT molecular complexity index is 700. The summed E-state index contributed by atoms with van der Waals surface area (Å²) in [5.41, 5.74) is 0.903. The Morgan fingerprint density at radius 2 is 2.08 bits per heavy atom. The molecule has 0 saturated carbocycles. The van der Waals surface area contributed by atoms with Crippen molar-refractivity contribution in [1.29, 1.82) is 0 Å². The monoisotopic (exact) mass is 368 g/mol. The second-order valence-electron chi connectivity index (χ2n) is 6.10.